The molecule has 0 atom stereocenters. The van der Waals surface area contributed by atoms with Crippen LogP contribution >= 0.6 is 0 Å². The zero-order chi connectivity index (χ0) is 8.77. The summed E-state index contributed by atoms with van der Waals surface area (Å²) in [5.74, 6) is 0.424. The lowest BCUT2D eigenvalue weighted by molar-refractivity contribution is -0.188. The van der Waals surface area contributed by atoms with Crippen LogP contribution in [0, 0.1) is 0 Å². The van der Waals surface area contributed by atoms with E-state index < -0.39 is 5.60 Å². The summed E-state index contributed by atoms with van der Waals surface area (Å²) in [6, 6.07) is 1.67. The quantitative estimate of drug-likeness (QED) is 0.578. The Morgan fingerprint density at radius 1 is 1.75 bits per heavy atom. The number of nitrogens with zero attached hydrogens (tertiary/aromatic N) is 2. The molecule has 5 heteroatoms. The van der Waals surface area contributed by atoms with Gasteiger partial charge in [0, 0.05) is 13.1 Å². The highest BCUT2D eigenvalue weighted by atomic mass is 16.5. The maximum Gasteiger partial charge on any atom is 0.152 e. The molecule has 0 unspecified atom stereocenters. The van der Waals surface area contributed by atoms with E-state index in [1.807, 2.05) is 0 Å². The van der Waals surface area contributed by atoms with E-state index in [9.17, 15) is 5.11 Å². The number of anilines is 1. The molecule has 5 nitrogen and oxygen atoms in total. The van der Waals surface area contributed by atoms with E-state index in [2.05, 4.69) is 5.10 Å². The summed E-state index contributed by atoms with van der Waals surface area (Å²) < 4.78 is 6.51. The minimum atomic E-state index is -0.876. The summed E-state index contributed by atoms with van der Waals surface area (Å²) in [5.41, 5.74) is 5.31. The maximum absolute atomic E-state index is 9.83. The van der Waals surface area contributed by atoms with E-state index in [1.165, 1.54) is 0 Å². The van der Waals surface area contributed by atoms with E-state index in [0.29, 0.717) is 24.7 Å². The molecule has 1 fully saturated rings. The zero-order valence-corrected chi connectivity index (χ0v) is 6.82. The standard InChI is InChI=1S/C7H11N3O2/c1-10-5(2-6(8)9-10)7(11)3-12-4-7/h2,11H,3-4H2,1H3,(H2,8,9). The Hall–Kier alpha value is -1.07. The van der Waals surface area contributed by atoms with Gasteiger partial charge in [-0.25, -0.2) is 0 Å². The van der Waals surface area contributed by atoms with Crippen molar-refractivity contribution in [2.75, 3.05) is 18.9 Å². The average Bonchev–Trinajstić information content (AvgIpc) is 2.25. The van der Waals surface area contributed by atoms with Gasteiger partial charge in [-0.15, -0.1) is 0 Å². The number of nitrogen functional groups attached to an aromatic ring is 1. The Morgan fingerprint density at radius 3 is 2.75 bits per heavy atom. The third-order valence-corrected chi connectivity index (χ3v) is 2.06. The second kappa shape index (κ2) is 2.21. The fourth-order valence-corrected chi connectivity index (χ4v) is 1.37. The number of hydrogen-bond donors (Lipinski definition) is 2. The molecule has 1 saturated heterocycles. The molecular formula is C7H11N3O2. The van der Waals surface area contributed by atoms with Crippen LogP contribution in [0.4, 0.5) is 5.82 Å². The highest BCUT2D eigenvalue weighted by molar-refractivity contribution is 5.33. The van der Waals surface area contributed by atoms with E-state index in [4.69, 9.17) is 10.5 Å². The van der Waals surface area contributed by atoms with Gasteiger partial charge in [0.05, 0.1) is 18.9 Å². The lowest BCUT2D eigenvalue weighted by Gasteiger charge is -2.35. The van der Waals surface area contributed by atoms with Crippen molar-refractivity contribution in [2.24, 2.45) is 7.05 Å². The topological polar surface area (TPSA) is 73.3 Å². The van der Waals surface area contributed by atoms with Crippen LogP contribution in [0.2, 0.25) is 0 Å². The van der Waals surface area contributed by atoms with Crippen LogP contribution in [0.15, 0.2) is 6.07 Å². The summed E-state index contributed by atoms with van der Waals surface area (Å²) in [6.45, 7) is 0.651. The van der Waals surface area contributed by atoms with Gasteiger partial charge in [-0.1, -0.05) is 0 Å². The molecule has 1 aliphatic rings. The number of aryl methyl sites for hydroxylation is 1. The molecule has 1 aliphatic heterocycles. The fraction of sp³-hybridized carbons (Fsp3) is 0.571. The lowest BCUT2D eigenvalue weighted by Crippen LogP contribution is -2.47. The first-order chi connectivity index (χ1) is 5.62. The molecule has 66 valence electrons. The zero-order valence-electron chi connectivity index (χ0n) is 6.82. The molecule has 1 aromatic rings. The third kappa shape index (κ3) is 0.904. The molecule has 0 radical (unpaired) electrons. The number of aliphatic hydroxyl groups is 1. The molecule has 0 spiro atoms. The van der Waals surface area contributed by atoms with Gasteiger partial charge in [0.2, 0.25) is 0 Å². The van der Waals surface area contributed by atoms with Gasteiger partial charge < -0.3 is 15.6 Å². The Bertz CT molecular complexity index is 304. The van der Waals surface area contributed by atoms with Crippen molar-refractivity contribution in [3.05, 3.63) is 11.8 Å². The first-order valence-electron chi connectivity index (χ1n) is 3.72. The molecule has 3 N–H and O–H groups in total. The molecule has 0 bridgehead atoms. The van der Waals surface area contributed by atoms with E-state index in [1.54, 1.807) is 17.8 Å². The van der Waals surface area contributed by atoms with Gasteiger partial charge in [0.25, 0.3) is 0 Å². The largest absolute Gasteiger partial charge is 0.382 e. The van der Waals surface area contributed by atoms with Gasteiger partial charge in [-0.3, -0.25) is 4.68 Å². The van der Waals surface area contributed by atoms with Crippen LogP contribution in [-0.2, 0) is 17.4 Å². The maximum atomic E-state index is 9.83. The van der Waals surface area contributed by atoms with Gasteiger partial charge in [0.1, 0.15) is 5.82 Å². The predicted molar refractivity (Wildman–Crippen MR) is 42.3 cm³/mol. The first-order valence-corrected chi connectivity index (χ1v) is 3.72. The van der Waals surface area contributed by atoms with Gasteiger partial charge in [0.15, 0.2) is 5.60 Å². The van der Waals surface area contributed by atoms with E-state index in [0.717, 1.165) is 0 Å². The number of rotatable bonds is 1. The van der Waals surface area contributed by atoms with Crippen molar-refractivity contribution < 1.29 is 9.84 Å². The minimum Gasteiger partial charge on any atom is -0.382 e. The van der Waals surface area contributed by atoms with E-state index in [-0.39, 0.29) is 0 Å². The Morgan fingerprint density at radius 2 is 2.42 bits per heavy atom. The van der Waals surface area contributed by atoms with Crippen molar-refractivity contribution in [1.29, 1.82) is 0 Å². The molecular weight excluding hydrogens is 158 g/mol. The first kappa shape index (κ1) is 7.57. The smallest absolute Gasteiger partial charge is 0.152 e. The van der Waals surface area contributed by atoms with Crippen LogP contribution in [0.5, 0.6) is 0 Å². The Labute approximate surface area is 69.7 Å². The molecule has 2 rings (SSSR count). The monoisotopic (exact) mass is 169 g/mol. The van der Waals surface area contributed by atoms with Crippen molar-refractivity contribution in [3.8, 4) is 0 Å². The number of nitrogens with two attached hydrogens (primary N) is 1. The minimum absolute atomic E-state index is 0.325. The van der Waals surface area contributed by atoms with Crippen LogP contribution in [0.25, 0.3) is 0 Å². The SMILES string of the molecule is Cn1nc(N)cc1C1(O)COC1. The summed E-state index contributed by atoms with van der Waals surface area (Å²) in [7, 11) is 1.75. The normalized spacial score (nSPS) is 20.5. The summed E-state index contributed by atoms with van der Waals surface area (Å²) in [6.07, 6.45) is 0. The van der Waals surface area contributed by atoms with Crippen LogP contribution in [-0.4, -0.2) is 28.1 Å². The molecule has 1 aromatic heterocycles. The molecule has 2 heterocycles. The summed E-state index contributed by atoms with van der Waals surface area (Å²) in [4.78, 5) is 0. The third-order valence-electron chi connectivity index (χ3n) is 2.06. The summed E-state index contributed by atoms with van der Waals surface area (Å²) in [5, 5.41) is 13.8. The summed E-state index contributed by atoms with van der Waals surface area (Å²) >= 11 is 0. The highest BCUT2D eigenvalue weighted by Crippen LogP contribution is 2.29. The second-order valence-corrected chi connectivity index (χ2v) is 3.10. The molecule has 0 saturated carbocycles. The molecule has 12 heavy (non-hydrogen) atoms. The van der Waals surface area contributed by atoms with E-state index >= 15 is 0 Å². The van der Waals surface area contributed by atoms with Gasteiger partial charge in [-0.2, -0.15) is 5.10 Å². The predicted octanol–water partition coefficient (Wildman–Crippen LogP) is -0.780. The lowest BCUT2D eigenvalue weighted by atomic mass is 9.98. The molecule has 0 aliphatic carbocycles. The van der Waals surface area contributed by atoms with Crippen molar-refractivity contribution in [3.63, 3.8) is 0 Å². The molecule has 0 aromatic carbocycles. The molecule has 0 amide bonds. The van der Waals surface area contributed by atoms with Gasteiger partial charge in [-0.05, 0) is 0 Å². The van der Waals surface area contributed by atoms with Gasteiger partial charge >= 0.3 is 0 Å². The van der Waals surface area contributed by atoms with Crippen LogP contribution < -0.4 is 5.73 Å². The van der Waals surface area contributed by atoms with Crippen molar-refractivity contribution in [1.82, 2.24) is 9.78 Å². The van der Waals surface area contributed by atoms with Crippen molar-refractivity contribution >= 4 is 5.82 Å². The second-order valence-electron chi connectivity index (χ2n) is 3.10. The van der Waals surface area contributed by atoms with Crippen molar-refractivity contribution in [2.45, 2.75) is 5.60 Å². The Kier molecular flexibility index (Phi) is 1.39. The van der Waals surface area contributed by atoms with Crippen LogP contribution in [0.1, 0.15) is 5.69 Å². The average molecular weight is 169 g/mol. The number of aromatic nitrogens is 2. The number of hydrogen-bond acceptors (Lipinski definition) is 4. The van der Waals surface area contributed by atoms with Crippen LogP contribution in [0.3, 0.4) is 0 Å². The fourth-order valence-electron chi connectivity index (χ4n) is 1.37. The Balaban J connectivity index is 2.38. The highest BCUT2D eigenvalue weighted by Gasteiger charge is 2.40. The number of ether oxygens (including phenoxy) is 1.